The van der Waals surface area contributed by atoms with Crippen molar-refractivity contribution < 1.29 is 0 Å². The molecule has 0 aliphatic heterocycles. The highest BCUT2D eigenvalue weighted by molar-refractivity contribution is 6.83. The van der Waals surface area contributed by atoms with Crippen molar-refractivity contribution >= 4 is 8.07 Å². The highest BCUT2D eigenvalue weighted by Gasteiger charge is 2.39. The van der Waals surface area contributed by atoms with Crippen molar-refractivity contribution in [3.63, 3.8) is 0 Å². The van der Waals surface area contributed by atoms with Crippen LogP contribution < -0.4 is 0 Å². The molecule has 0 aromatic carbocycles. The molecule has 0 saturated carbocycles. The maximum absolute atomic E-state index is 4.03. The Morgan fingerprint density at radius 3 is 2.45 bits per heavy atom. The molecule has 0 radical (unpaired) electrons. The third-order valence-corrected chi connectivity index (χ3v) is 5.62. The topological polar surface area (TPSA) is 3.24 Å². The Morgan fingerprint density at radius 2 is 2.05 bits per heavy atom. The van der Waals surface area contributed by atoms with Crippen LogP contribution in [0.25, 0.3) is 0 Å². The van der Waals surface area contributed by atoms with Gasteiger partial charge >= 0.3 is 0 Å². The van der Waals surface area contributed by atoms with Gasteiger partial charge in [0.2, 0.25) is 0 Å². The van der Waals surface area contributed by atoms with Crippen molar-refractivity contribution in [1.29, 1.82) is 0 Å². The van der Waals surface area contributed by atoms with Gasteiger partial charge in [-0.2, -0.15) is 0 Å². The summed E-state index contributed by atoms with van der Waals surface area (Å²) < 4.78 is 0. The van der Waals surface area contributed by atoms with Gasteiger partial charge in [0.1, 0.15) is 8.07 Å². The minimum absolute atomic E-state index is 0.0579. The van der Waals surface area contributed by atoms with E-state index in [2.05, 4.69) is 75.8 Å². The molecule has 0 heterocycles. The second-order valence-corrected chi connectivity index (χ2v) is 12.5. The highest BCUT2D eigenvalue weighted by atomic mass is 28.3. The molecule has 0 fully saturated rings. The van der Waals surface area contributed by atoms with Crippen LogP contribution in [0.3, 0.4) is 0 Å². The molecule has 0 N–H and O–H groups in total. The van der Waals surface area contributed by atoms with E-state index in [0.29, 0.717) is 5.92 Å². The number of allylic oxidation sites excluding steroid dienone is 2. The first kappa shape index (κ1) is 19.3. The molecule has 0 aromatic heterocycles. The van der Waals surface area contributed by atoms with Gasteiger partial charge in [0, 0.05) is 5.92 Å². The average Bonchev–Trinajstić information content (AvgIpc) is 2.46. The summed E-state index contributed by atoms with van der Waals surface area (Å²) in [5, 5.41) is 0. The average molecular weight is 318 g/mol. The molecule has 1 rings (SSSR count). The fourth-order valence-electron chi connectivity index (χ4n) is 3.46. The Bertz CT molecular complexity index is 458. The van der Waals surface area contributed by atoms with E-state index in [0.717, 1.165) is 12.8 Å². The monoisotopic (exact) mass is 317 g/mol. The molecule has 1 aliphatic rings. The van der Waals surface area contributed by atoms with Crippen LogP contribution >= 0.6 is 0 Å². The molecule has 0 amide bonds. The fraction of sp³-hybridized carbons (Fsp3) is 0.700. The normalized spacial score (nSPS) is 19.7. The van der Waals surface area contributed by atoms with E-state index in [1.807, 2.05) is 0 Å². The predicted octanol–water partition coefficient (Wildman–Crippen LogP) is 5.27. The first-order chi connectivity index (χ1) is 10.3. The van der Waals surface area contributed by atoms with Crippen molar-refractivity contribution in [2.45, 2.75) is 70.6 Å². The summed E-state index contributed by atoms with van der Waals surface area (Å²) in [5.41, 5.74) is 5.22. The van der Waals surface area contributed by atoms with Crippen LogP contribution in [0, 0.1) is 17.4 Å². The summed E-state index contributed by atoms with van der Waals surface area (Å²) in [6.07, 6.45) is 11.8. The molecular formula is C20H35NSi. The van der Waals surface area contributed by atoms with Crippen molar-refractivity contribution in [3.8, 4) is 11.5 Å². The van der Waals surface area contributed by atoms with Gasteiger partial charge in [-0.1, -0.05) is 50.2 Å². The zero-order valence-corrected chi connectivity index (χ0v) is 16.6. The lowest BCUT2D eigenvalue weighted by molar-refractivity contribution is 0.149. The third kappa shape index (κ3) is 4.86. The summed E-state index contributed by atoms with van der Waals surface area (Å²) in [6.45, 7) is 13.3. The minimum atomic E-state index is -1.38. The van der Waals surface area contributed by atoms with Crippen LogP contribution in [0.5, 0.6) is 0 Å². The van der Waals surface area contributed by atoms with Gasteiger partial charge in [-0.05, 0) is 52.6 Å². The van der Waals surface area contributed by atoms with Crippen molar-refractivity contribution in [2.24, 2.45) is 5.92 Å². The van der Waals surface area contributed by atoms with Crippen LogP contribution in [-0.4, -0.2) is 32.6 Å². The fourth-order valence-corrected chi connectivity index (χ4v) is 4.05. The van der Waals surface area contributed by atoms with E-state index in [4.69, 9.17) is 0 Å². The maximum Gasteiger partial charge on any atom is 0.129 e. The van der Waals surface area contributed by atoms with Gasteiger partial charge in [0.05, 0.1) is 5.54 Å². The Morgan fingerprint density at radius 1 is 1.36 bits per heavy atom. The summed E-state index contributed by atoms with van der Waals surface area (Å²) in [7, 11) is 3.01. The van der Waals surface area contributed by atoms with Crippen LogP contribution in [0.15, 0.2) is 24.3 Å². The maximum atomic E-state index is 4.03. The lowest BCUT2D eigenvalue weighted by Gasteiger charge is -2.43. The highest BCUT2D eigenvalue weighted by Crippen LogP contribution is 2.38. The lowest BCUT2D eigenvalue weighted by atomic mass is 9.72. The molecule has 0 bridgehead atoms. The first-order valence-electron chi connectivity index (χ1n) is 8.78. The second kappa shape index (κ2) is 8.18. The molecule has 1 nitrogen and oxygen atoms in total. The van der Waals surface area contributed by atoms with Crippen molar-refractivity contribution in [3.05, 3.63) is 24.3 Å². The van der Waals surface area contributed by atoms with Gasteiger partial charge in [0.25, 0.3) is 0 Å². The standard InChI is InChI=1S/C20H35NSi/c1-8-13-19(18-14-11-10-12-15-18)20(9-2,21(3)4)16-17-22(5,6)7/h8,14,19H,1,9-13,15H2,2-7H3. The molecule has 0 aromatic rings. The number of hydrogen-bond donors (Lipinski definition) is 0. The van der Waals surface area contributed by atoms with Crippen LogP contribution in [0.2, 0.25) is 19.6 Å². The number of hydrogen-bond acceptors (Lipinski definition) is 1. The van der Waals surface area contributed by atoms with Crippen molar-refractivity contribution in [1.82, 2.24) is 4.90 Å². The molecule has 124 valence electrons. The summed E-state index contributed by atoms with van der Waals surface area (Å²) in [4.78, 5) is 2.36. The minimum Gasteiger partial charge on any atom is -0.293 e. The van der Waals surface area contributed by atoms with Crippen LogP contribution in [0.1, 0.15) is 45.4 Å². The Hall–Kier alpha value is -0.783. The summed E-state index contributed by atoms with van der Waals surface area (Å²) >= 11 is 0. The molecular weight excluding hydrogens is 282 g/mol. The second-order valence-electron chi connectivity index (χ2n) is 7.77. The van der Waals surface area contributed by atoms with Crippen LogP contribution in [0.4, 0.5) is 0 Å². The Labute approximate surface area is 139 Å². The van der Waals surface area contributed by atoms with Crippen molar-refractivity contribution in [2.75, 3.05) is 14.1 Å². The zero-order valence-electron chi connectivity index (χ0n) is 15.6. The number of rotatable bonds is 6. The first-order valence-corrected chi connectivity index (χ1v) is 12.3. The van der Waals surface area contributed by atoms with Gasteiger partial charge in [-0.3, -0.25) is 4.90 Å². The lowest BCUT2D eigenvalue weighted by Crippen LogP contribution is -2.50. The van der Waals surface area contributed by atoms with E-state index < -0.39 is 8.07 Å². The molecule has 2 atom stereocenters. The zero-order chi connectivity index (χ0) is 16.8. The number of nitrogens with zero attached hydrogens (tertiary/aromatic N) is 1. The van der Waals surface area contributed by atoms with E-state index in [1.165, 1.54) is 25.7 Å². The molecule has 0 spiro atoms. The van der Waals surface area contributed by atoms with Gasteiger partial charge < -0.3 is 0 Å². The SMILES string of the molecule is C=CCC(C1=CCCCC1)C(C#C[Si](C)(C)C)(CC)N(C)C. The van der Waals surface area contributed by atoms with E-state index in [-0.39, 0.29) is 5.54 Å². The Balaban J connectivity index is 3.32. The third-order valence-electron chi connectivity index (χ3n) is 4.74. The predicted molar refractivity (Wildman–Crippen MR) is 103 cm³/mol. The molecule has 22 heavy (non-hydrogen) atoms. The summed E-state index contributed by atoms with van der Waals surface area (Å²) in [6, 6.07) is 0. The molecule has 1 aliphatic carbocycles. The largest absolute Gasteiger partial charge is 0.293 e. The smallest absolute Gasteiger partial charge is 0.129 e. The molecule has 0 saturated heterocycles. The van der Waals surface area contributed by atoms with E-state index >= 15 is 0 Å². The van der Waals surface area contributed by atoms with Gasteiger partial charge in [-0.15, -0.1) is 12.1 Å². The quantitative estimate of drug-likeness (QED) is 0.366. The molecule has 2 unspecified atom stereocenters. The summed E-state index contributed by atoms with van der Waals surface area (Å²) in [5.74, 6) is 4.23. The van der Waals surface area contributed by atoms with E-state index in [9.17, 15) is 0 Å². The molecule has 2 heteroatoms. The van der Waals surface area contributed by atoms with Gasteiger partial charge in [-0.25, -0.2) is 0 Å². The van der Waals surface area contributed by atoms with Crippen LogP contribution in [-0.2, 0) is 0 Å². The van der Waals surface area contributed by atoms with Gasteiger partial charge in [0.15, 0.2) is 0 Å². The van der Waals surface area contributed by atoms with E-state index in [1.54, 1.807) is 5.57 Å². The Kier molecular flexibility index (Phi) is 7.16.